The number of nitrogens with two attached hydrogens (primary N) is 1. The Balaban J connectivity index is 2.50. The molecule has 3 N–H and O–H groups in total. The number of carbonyl (C=O) groups is 1. The number of methoxy groups -OCH3 is 1. The second kappa shape index (κ2) is 8.47. The van der Waals surface area contributed by atoms with Gasteiger partial charge in [-0.3, -0.25) is 4.79 Å². The fourth-order valence-electron chi connectivity index (χ4n) is 1.79. The molecule has 0 aliphatic heterocycles. The summed E-state index contributed by atoms with van der Waals surface area (Å²) in [6, 6.07) is 0. The summed E-state index contributed by atoms with van der Waals surface area (Å²) in [6.07, 6.45) is 4.69. The fraction of sp³-hybridized carbons (Fsp3) is 0.643. The molecule has 0 saturated heterocycles. The van der Waals surface area contributed by atoms with E-state index in [-0.39, 0.29) is 11.8 Å². The van der Waals surface area contributed by atoms with Crippen molar-refractivity contribution in [1.29, 1.82) is 0 Å². The Kier molecular flexibility index (Phi) is 6.93. The van der Waals surface area contributed by atoms with Crippen LogP contribution in [-0.4, -0.2) is 23.0 Å². The van der Waals surface area contributed by atoms with Crippen molar-refractivity contribution in [2.75, 3.05) is 12.8 Å². The summed E-state index contributed by atoms with van der Waals surface area (Å²) in [4.78, 5) is 20.2. The van der Waals surface area contributed by atoms with Crippen LogP contribution >= 0.6 is 0 Å². The molecule has 6 heteroatoms. The van der Waals surface area contributed by atoms with Crippen LogP contribution in [0.15, 0.2) is 6.20 Å². The summed E-state index contributed by atoms with van der Waals surface area (Å²) in [7, 11) is 1.57. The van der Waals surface area contributed by atoms with Crippen molar-refractivity contribution in [3.8, 4) is 0 Å². The highest BCUT2D eigenvalue weighted by atomic mass is 16.5. The van der Waals surface area contributed by atoms with Gasteiger partial charge in [0, 0.05) is 31.3 Å². The summed E-state index contributed by atoms with van der Waals surface area (Å²) in [5, 5.41) is 2.87. The molecule has 0 fully saturated rings. The number of ether oxygens (including phenoxy) is 1. The van der Waals surface area contributed by atoms with Gasteiger partial charge in [0.1, 0.15) is 12.4 Å². The van der Waals surface area contributed by atoms with E-state index in [1.54, 1.807) is 13.3 Å². The summed E-state index contributed by atoms with van der Waals surface area (Å²) in [5.41, 5.74) is 6.56. The van der Waals surface area contributed by atoms with E-state index in [1.165, 1.54) is 0 Å². The number of hydrogen-bond donors (Lipinski definition) is 2. The Morgan fingerprint density at radius 1 is 1.55 bits per heavy atom. The second-order valence-electron chi connectivity index (χ2n) is 4.89. The number of nitrogens with zero attached hydrogens (tertiary/aromatic N) is 2. The highest BCUT2D eigenvalue weighted by molar-refractivity contribution is 5.78. The van der Waals surface area contributed by atoms with Gasteiger partial charge < -0.3 is 15.8 Å². The van der Waals surface area contributed by atoms with Gasteiger partial charge >= 0.3 is 0 Å². The fourth-order valence-corrected chi connectivity index (χ4v) is 1.79. The van der Waals surface area contributed by atoms with Gasteiger partial charge in [0.15, 0.2) is 5.82 Å². The number of amides is 1. The predicted octanol–water partition coefficient (Wildman–Crippen LogP) is 1.65. The number of carbonyl (C=O) groups excluding carboxylic acids is 1. The topological polar surface area (TPSA) is 90.1 Å². The largest absolute Gasteiger partial charge is 0.383 e. The SMILES string of the molecule is CCCC[C@@H](C)C(=O)NCc1cnc(COC)nc1N. The zero-order valence-electron chi connectivity index (χ0n) is 12.5. The molecule has 0 aliphatic carbocycles. The van der Waals surface area contributed by atoms with E-state index < -0.39 is 0 Å². The van der Waals surface area contributed by atoms with Crippen LogP contribution in [0.4, 0.5) is 5.82 Å². The second-order valence-corrected chi connectivity index (χ2v) is 4.89. The minimum absolute atomic E-state index is 0.0184. The van der Waals surface area contributed by atoms with Crippen molar-refractivity contribution < 1.29 is 9.53 Å². The molecule has 6 nitrogen and oxygen atoms in total. The third kappa shape index (κ3) is 5.13. The van der Waals surface area contributed by atoms with E-state index in [0.29, 0.717) is 24.8 Å². The van der Waals surface area contributed by atoms with Crippen LogP contribution in [0.1, 0.15) is 44.5 Å². The first kappa shape index (κ1) is 16.4. The maximum atomic E-state index is 11.9. The molecule has 0 radical (unpaired) electrons. The molecule has 0 unspecified atom stereocenters. The monoisotopic (exact) mass is 280 g/mol. The van der Waals surface area contributed by atoms with Crippen molar-refractivity contribution >= 4 is 11.7 Å². The molecule has 1 aromatic heterocycles. The summed E-state index contributed by atoms with van der Waals surface area (Å²) in [6.45, 7) is 4.73. The molecule has 0 bridgehead atoms. The van der Waals surface area contributed by atoms with Crippen molar-refractivity contribution in [2.45, 2.75) is 46.3 Å². The van der Waals surface area contributed by atoms with E-state index in [4.69, 9.17) is 10.5 Å². The van der Waals surface area contributed by atoms with Crippen molar-refractivity contribution in [3.63, 3.8) is 0 Å². The minimum Gasteiger partial charge on any atom is -0.383 e. The Morgan fingerprint density at radius 2 is 2.30 bits per heavy atom. The zero-order valence-corrected chi connectivity index (χ0v) is 12.5. The van der Waals surface area contributed by atoms with Gasteiger partial charge in [0.2, 0.25) is 5.91 Å². The number of unbranched alkanes of at least 4 members (excludes halogenated alkanes) is 1. The lowest BCUT2D eigenvalue weighted by Gasteiger charge is -2.12. The van der Waals surface area contributed by atoms with Crippen LogP contribution in [-0.2, 0) is 22.7 Å². The van der Waals surface area contributed by atoms with Gasteiger partial charge in [-0.05, 0) is 6.42 Å². The van der Waals surface area contributed by atoms with Crippen molar-refractivity contribution in [1.82, 2.24) is 15.3 Å². The summed E-state index contributed by atoms with van der Waals surface area (Å²) in [5.74, 6) is 0.980. The van der Waals surface area contributed by atoms with Crippen molar-refractivity contribution in [3.05, 3.63) is 17.6 Å². The van der Waals surface area contributed by atoms with Gasteiger partial charge in [-0.25, -0.2) is 9.97 Å². The maximum Gasteiger partial charge on any atom is 0.223 e. The highest BCUT2D eigenvalue weighted by Crippen LogP contribution is 2.10. The Bertz CT molecular complexity index is 437. The first-order valence-corrected chi connectivity index (χ1v) is 6.95. The highest BCUT2D eigenvalue weighted by Gasteiger charge is 2.12. The molecular weight excluding hydrogens is 256 g/mol. The quantitative estimate of drug-likeness (QED) is 0.755. The van der Waals surface area contributed by atoms with Gasteiger partial charge in [-0.15, -0.1) is 0 Å². The average molecular weight is 280 g/mol. The van der Waals surface area contributed by atoms with Crippen LogP contribution in [0.3, 0.4) is 0 Å². The summed E-state index contributed by atoms with van der Waals surface area (Å²) < 4.78 is 4.94. The normalized spacial score (nSPS) is 12.2. The molecule has 1 rings (SSSR count). The van der Waals surface area contributed by atoms with Gasteiger partial charge in [-0.2, -0.15) is 0 Å². The van der Waals surface area contributed by atoms with Gasteiger partial charge in [0.05, 0.1) is 0 Å². The molecule has 1 heterocycles. The lowest BCUT2D eigenvalue weighted by molar-refractivity contribution is -0.124. The third-order valence-corrected chi connectivity index (χ3v) is 3.11. The number of nitrogens with one attached hydrogen (secondary N) is 1. The van der Waals surface area contributed by atoms with Crippen molar-refractivity contribution in [2.24, 2.45) is 5.92 Å². The van der Waals surface area contributed by atoms with Crippen LogP contribution in [0.25, 0.3) is 0 Å². The lowest BCUT2D eigenvalue weighted by atomic mass is 10.0. The average Bonchev–Trinajstić information content (AvgIpc) is 2.43. The number of rotatable bonds is 8. The smallest absolute Gasteiger partial charge is 0.223 e. The Labute approximate surface area is 120 Å². The van der Waals surface area contributed by atoms with E-state index in [2.05, 4.69) is 22.2 Å². The molecule has 0 spiro atoms. The molecule has 1 amide bonds. The van der Waals surface area contributed by atoms with Crippen LogP contribution in [0, 0.1) is 5.92 Å². The Morgan fingerprint density at radius 3 is 2.90 bits per heavy atom. The zero-order chi connectivity index (χ0) is 15.0. The van der Waals surface area contributed by atoms with Crippen LogP contribution < -0.4 is 11.1 Å². The maximum absolute atomic E-state index is 11.9. The molecule has 1 aromatic rings. The lowest BCUT2D eigenvalue weighted by Crippen LogP contribution is -2.29. The van der Waals surface area contributed by atoms with Crippen LogP contribution in [0.2, 0.25) is 0 Å². The van der Waals surface area contributed by atoms with E-state index in [0.717, 1.165) is 24.8 Å². The van der Waals surface area contributed by atoms with E-state index in [1.807, 2.05) is 6.92 Å². The molecule has 20 heavy (non-hydrogen) atoms. The first-order valence-electron chi connectivity index (χ1n) is 6.95. The third-order valence-electron chi connectivity index (χ3n) is 3.11. The first-order chi connectivity index (χ1) is 9.58. The van der Waals surface area contributed by atoms with E-state index >= 15 is 0 Å². The number of nitrogen functional groups attached to an aromatic ring is 1. The summed E-state index contributed by atoms with van der Waals surface area (Å²) >= 11 is 0. The minimum atomic E-state index is 0.0184. The van der Waals surface area contributed by atoms with E-state index in [9.17, 15) is 4.79 Å². The molecule has 0 saturated carbocycles. The number of anilines is 1. The predicted molar refractivity (Wildman–Crippen MR) is 77.7 cm³/mol. The van der Waals surface area contributed by atoms with Gasteiger partial charge in [0.25, 0.3) is 0 Å². The number of hydrogen-bond acceptors (Lipinski definition) is 5. The van der Waals surface area contributed by atoms with Gasteiger partial charge in [-0.1, -0.05) is 26.7 Å². The molecule has 0 aromatic carbocycles. The molecule has 1 atom stereocenters. The Hall–Kier alpha value is -1.69. The molecule has 0 aliphatic rings. The molecular formula is C14H24N4O2. The number of aromatic nitrogens is 2. The standard InChI is InChI=1S/C14H24N4O2/c1-4-5-6-10(2)14(19)17-8-11-7-16-12(9-20-3)18-13(11)15/h7,10H,4-6,8-9H2,1-3H3,(H,17,19)(H2,15,16,18)/t10-/m1/s1. The van der Waals surface area contributed by atoms with Crippen LogP contribution in [0.5, 0.6) is 0 Å². The molecule has 112 valence electrons.